The molecule has 0 spiro atoms. The number of aliphatic hydroxyl groups excluding tert-OH is 1. The standard InChI is InChI=1S/C15H18FNO3/c1-2-13(18)5-6-17-15(19)11-7-10-8-12(16)3-4-14(10)20-9-11/h3-4,7-8,13,18H,2,5-6,9H2,1H3,(H,17,19). The summed E-state index contributed by atoms with van der Waals surface area (Å²) < 4.78 is 18.6. The van der Waals surface area contributed by atoms with Crippen molar-refractivity contribution in [3.63, 3.8) is 0 Å². The smallest absolute Gasteiger partial charge is 0.250 e. The molecule has 5 heteroatoms. The average Bonchev–Trinajstić information content (AvgIpc) is 2.46. The van der Waals surface area contributed by atoms with E-state index in [4.69, 9.17) is 4.74 Å². The van der Waals surface area contributed by atoms with Gasteiger partial charge in [0.25, 0.3) is 5.91 Å². The second-order valence-corrected chi connectivity index (χ2v) is 4.75. The Kier molecular flexibility index (Phi) is 4.74. The van der Waals surface area contributed by atoms with Gasteiger partial charge in [0.15, 0.2) is 0 Å². The number of nitrogens with one attached hydrogen (secondary N) is 1. The van der Waals surface area contributed by atoms with Crippen LogP contribution in [0.25, 0.3) is 6.08 Å². The highest BCUT2D eigenvalue weighted by atomic mass is 19.1. The zero-order chi connectivity index (χ0) is 14.5. The van der Waals surface area contributed by atoms with E-state index >= 15 is 0 Å². The summed E-state index contributed by atoms with van der Waals surface area (Å²) in [6, 6.07) is 4.21. The second-order valence-electron chi connectivity index (χ2n) is 4.75. The molecule has 1 amide bonds. The summed E-state index contributed by atoms with van der Waals surface area (Å²) in [5.74, 6) is -0.0381. The molecule has 1 aliphatic heterocycles. The first-order chi connectivity index (χ1) is 9.60. The molecule has 0 aromatic heterocycles. The molecule has 0 bridgehead atoms. The first-order valence-corrected chi connectivity index (χ1v) is 6.69. The van der Waals surface area contributed by atoms with E-state index < -0.39 is 6.10 Å². The normalized spacial score (nSPS) is 14.8. The molecular formula is C15H18FNO3. The lowest BCUT2D eigenvalue weighted by Gasteiger charge is -2.18. The number of carbonyl (C=O) groups is 1. The van der Waals surface area contributed by atoms with Gasteiger partial charge in [-0.3, -0.25) is 4.79 Å². The third-order valence-corrected chi connectivity index (χ3v) is 3.21. The van der Waals surface area contributed by atoms with Crippen LogP contribution in [0.3, 0.4) is 0 Å². The maximum Gasteiger partial charge on any atom is 0.250 e. The monoisotopic (exact) mass is 279 g/mol. The third kappa shape index (κ3) is 3.57. The van der Waals surface area contributed by atoms with Gasteiger partial charge in [0.05, 0.1) is 11.7 Å². The first kappa shape index (κ1) is 14.5. The number of hydrogen-bond donors (Lipinski definition) is 2. The summed E-state index contributed by atoms with van der Waals surface area (Å²) in [4.78, 5) is 11.9. The summed E-state index contributed by atoms with van der Waals surface area (Å²) in [6.45, 7) is 2.46. The molecule has 1 aromatic rings. The zero-order valence-corrected chi connectivity index (χ0v) is 11.4. The van der Waals surface area contributed by atoms with Crippen molar-refractivity contribution in [1.82, 2.24) is 5.32 Å². The Balaban J connectivity index is 1.97. The minimum Gasteiger partial charge on any atom is -0.488 e. The van der Waals surface area contributed by atoms with E-state index in [1.165, 1.54) is 12.1 Å². The minimum atomic E-state index is -0.401. The molecule has 2 N–H and O–H groups in total. The van der Waals surface area contributed by atoms with Gasteiger partial charge in [0, 0.05) is 12.1 Å². The molecule has 0 fully saturated rings. The van der Waals surface area contributed by atoms with E-state index in [1.54, 1.807) is 12.1 Å². The maximum atomic E-state index is 13.1. The van der Waals surface area contributed by atoms with Gasteiger partial charge in [-0.2, -0.15) is 0 Å². The highest BCUT2D eigenvalue weighted by Gasteiger charge is 2.17. The number of aliphatic hydroxyl groups is 1. The Labute approximate surface area is 117 Å². The summed E-state index contributed by atoms with van der Waals surface area (Å²) in [5, 5.41) is 12.1. The van der Waals surface area contributed by atoms with Gasteiger partial charge >= 0.3 is 0 Å². The summed E-state index contributed by atoms with van der Waals surface area (Å²) in [6.07, 6.45) is 2.41. The van der Waals surface area contributed by atoms with Crippen LogP contribution in [-0.4, -0.2) is 30.3 Å². The molecule has 108 valence electrons. The largest absolute Gasteiger partial charge is 0.488 e. The Morgan fingerprint density at radius 2 is 2.35 bits per heavy atom. The molecule has 1 heterocycles. The minimum absolute atomic E-state index is 0.167. The van der Waals surface area contributed by atoms with Gasteiger partial charge in [0.1, 0.15) is 18.2 Å². The van der Waals surface area contributed by atoms with E-state index in [1.807, 2.05) is 6.92 Å². The molecular weight excluding hydrogens is 261 g/mol. The Bertz CT molecular complexity index is 528. The van der Waals surface area contributed by atoms with Crippen LogP contribution in [0.15, 0.2) is 23.8 Å². The van der Waals surface area contributed by atoms with E-state index in [2.05, 4.69) is 5.32 Å². The molecule has 1 unspecified atom stereocenters. The zero-order valence-electron chi connectivity index (χ0n) is 11.4. The maximum absolute atomic E-state index is 13.1. The van der Waals surface area contributed by atoms with Crippen molar-refractivity contribution in [2.24, 2.45) is 0 Å². The summed E-state index contributed by atoms with van der Waals surface area (Å²) in [5.41, 5.74) is 1.02. The van der Waals surface area contributed by atoms with Crippen LogP contribution in [0.5, 0.6) is 5.75 Å². The molecule has 0 saturated carbocycles. The van der Waals surface area contributed by atoms with Gasteiger partial charge in [-0.05, 0) is 37.1 Å². The molecule has 0 radical (unpaired) electrons. The lowest BCUT2D eigenvalue weighted by Crippen LogP contribution is -2.31. The predicted octanol–water partition coefficient (Wildman–Crippen LogP) is 1.88. The molecule has 1 aromatic carbocycles. The second kappa shape index (κ2) is 6.52. The van der Waals surface area contributed by atoms with E-state index in [0.717, 1.165) is 0 Å². The van der Waals surface area contributed by atoms with Crippen LogP contribution in [0.4, 0.5) is 4.39 Å². The van der Waals surface area contributed by atoms with E-state index in [-0.39, 0.29) is 18.3 Å². The van der Waals surface area contributed by atoms with E-state index in [9.17, 15) is 14.3 Å². The van der Waals surface area contributed by atoms with Gasteiger partial charge < -0.3 is 15.2 Å². The third-order valence-electron chi connectivity index (χ3n) is 3.21. The van der Waals surface area contributed by atoms with Crippen LogP contribution in [0.1, 0.15) is 25.3 Å². The fourth-order valence-corrected chi connectivity index (χ4v) is 1.95. The molecule has 2 rings (SSSR count). The fraction of sp³-hybridized carbons (Fsp3) is 0.400. The molecule has 1 aliphatic rings. The van der Waals surface area contributed by atoms with Crippen molar-refractivity contribution in [2.45, 2.75) is 25.9 Å². The highest BCUT2D eigenvalue weighted by Crippen LogP contribution is 2.26. The number of carbonyl (C=O) groups excluding carboxylic acids is 1. The van der Waals surface area contributed by atoms with Crippen LogP contribution < -0.4 is 10.1 Å². The van der Waals surface area contributed by atoms with Crippen LogP contribution in [0.2, 0.25) is 0 Å². The van der Waals surface area contributed by atoms with E-state index in [0.29, 0.717) is 36.3 Å². The molecule has 20 heavy (non-hydrogen) atoms. The van der Waals surface area contributed by atoms with Crippen molar-refractivity contribution in [3.8, 4) is 5.75 Å². The van der Waals surface area contributed by atoms with Crippen molar-refractivity contribution >= 4 is 12.0 Å². The number of hydrogen-bond acceptors (Lipinski definition) is 3. The fourth-order valence-electron chi connectivity index (χ4n) is 1.95. The molecule has 1 atom stereocenters. The van der Waals surface area contributed by atoms with Gasteiger partial charge in [-0.1, -0.05) is 6.92 Å². The van der Waals surface area contributed by atoms with Crippen molar-refractivity contribution in [3.05, 3.63) is 35.2 Å². The molecule has 4 nitrogen and oxygen atoms in total. The topological polar surface area (TPSA) is 58.6 Å². The molecule has 0 saturated heterocycles. The van der Waals surface area contributed by atoms with Gasteiger partial charge in [-0.15, -0.1) is 0 Å². The lowest BCUT2D eigenvalue weighted by molar-refractivity contribution is -0.117. The Morgan fingerprint density at radius 3 is 3.10 bits per heavy atom. The average molecular weight is 279 g/mol. The van der Waals surface area contributed by atoms with Crippen LogP contribution in [-0.2, 0) is 4.79 Å². The number of halogens is 1. The lowest BCUT2D eigenvalue weighted by atomic mass is 10.1. The number of fused-ring (bicyclic) bond motifs is 1. The quantitative estimate of drug-likeness (QED) is 0.865. The van der Waals surface area contributed by atoms with Crippen LogP contribution >= 0.6 is 0 Å². The van der Waals surface area contributed by atoms with Crippen molar-refractivity contribution < 1.29 is 19.0 Å². The highest BCUT2D eigenvalue weighted by molar-refractivity contribution is 5.99. The number of ether oxygens (including phenoxy) is 1. The Hall–Kier alpha value is -1.88. The predicted molar refractivity (Wildman–Crippen MR) is 73.8 cm³/mol. The number of benzene rings is 1. The summed E-state index contributed by atoms with van der Waals surface area (Å²) >= 11 is 0. The number of amides is 1. The van der Waals surface area contributed by atoms with Crippen molar-refractivity contribution in [2.75, 3.05) is 13.2 Å². The Morgan fingerprint density at radius 1 is 1.55 bits per heavy atom. The summed E-state index contributed by atoms with van der Waals surface area (Å²) in [7, 11) is 0. The van der Waals surface area contributed by atoms with Crippen LogP contribution in [0, 0.1) is 5.82 Å². The number of rotatable bonds is 5. The van der Waals surface area contributed by atoms with Gasteiger partial charge in [0.2, 0.25) is 0 Å². The molecule has 0 aliphatic carbocycles. The first-order valence-electron chi connectivity index (χ1n) is 6.69. The van der Waals surface area contributed by atoms with Crippen molar-refractivity contribution in [1.29, 1.82) is 0 Å². The van der Waals surface area contributed by atoms with Gasteiger partial charge in [-0.25, -0.2) is 4.39 Å². The SMILES string of the molecule is CCC(O)CCNC(=O)C1=Cc2cc(F)ccc2OC1.